The standard InChI is InChI=1S/C6H4ClN3S/c7-1-5-9-3-4(2-8)6(11)10-5/h3H,1H2,(H,9,10,11). The second-order valence-electron chi connectivity index (χ2n) is 1.82. The van der Waals surface area contributed by atoms with Crippen molar-refractivity contribution in [3.05, 3.63) is 22.2 Å². The van der Waals surface area contributed by atoms with Gasteiger partial charge in [-0.25, -0.2) is 4.98 Å². The molecule has 0 aliphatic rings. The van der Waals surface area contributed by atoms with Gasteiger partial charge in [0.05, 0.1) is 5.88 Å². The summed E-state index contributed by atoms with van der Waals surface area (Å²) in [6.07, 6.45) is 1.41. The van der Waals surface area contributed by atoms with Crippen LogP contribution in [0.3, 0.4) is 0 Å². The lowest BCUT2D eigenvalue weighted by molar-refractivity contribution is 1.01. The van der Waals surface area contributed by atoms with E-state index in [0.29, 0.717) is 16.0 Å². The van der Waals surface area contributed by atoms with Crippen molar-refractivity contribution in [3.63, 3.8) is 0 Å². The number of nitrogens with one attached hydrogen (secondary N) is 1. The van der Waals surface area contributed by atoms with Gasteiger partial charge >= 0.3 is 0 Å². The Hall–Kier alpha value is -0.920. The van der Waals surface area contributed by atoms with Gasteiger partial charge in [-0.2, -0.15) is 5.26 Å². The molecule has 0 unspecified atom stereocenters. The van der Waals surface area contributed by atoms with Gasteiger partial charge in [0.25, 0.3) is 0 Å². The molecule has 0 spiro atoms. The van der Waals surface area contributed by atoms with E-state index in [1.807, 2.05) is 6.07 Å². The van der Waals surface area contributed by atoms with Crippen molar-refractivity contribution in [1.82, 2.24) is 9.97 Å². The normalized spacial score (nSPS) is 9.09. The van der Waals surface area contributed by atoms with Crippen LogP contribution in [0.15, 0.2) is 6.20 Å². The third kappa shape index (κ3) is 1.76. The summed E-state index contributed by atoms with van der Waals surface area (Å²) in [4.78, 5) is 6.58. The van der Waals surface area contributed by atoms with Crippen molar-refractivity contribution in [2.24, 2.45) is 0 Å². The van der Waals surface area contributed by atoms with E-state index in [0.717, 1.165) is 0 Å². The number of H-pyrrole nitrogens is 1. The van der Waals surface area contributed by atoms with Crippen LogP contribution in [0.1, 0.15) is 11.4 Å². The number of aromatic nitrogens is 2. The Kier molecular flexibility index (Phi) is 2.58. The minimum absolute atomic E-state index is 0.273. The average molecular weight is 186 g/mol. The minimum Gasteiger partial charge on any atom is -0.333 e. The quantitative estimate of drug-likeness (QED) is 0.536. The predicted molar refractivity (Wildman–Crippen MR) is 43.7 cm³/mol. The van der Waals surface area contributed by atoms with Crippen LogP contribution in [0.25, 0.3) is 0 Å². The Morgan fingerprint density at radius 1 is 1.82 bits per heavy atom. The maximum Gasteiger partial charge on any atom is 0.124 e. The molecular weight excluding hydrogens is 182 g/mol. The summed E-state index contributed by atoms with van der Waals surface area (Å²) in [5.74, 6) is 0.852. The SMILES string of the molecule is N#Cc1cnc(CCl)[nH]c1=S. The molecule has 0 aliphatic heterocycles. The second kappa shape index (κ2) is 3.46. The smallest absolute Gasteiger partial charge is 0.124 e. The van der Waals surface area contributed by atoms with E-state index in [1.165, 1.54) is 6.20 Å². The molecule has 0 aromatic carbocycles. The van der Waals surface area contributed by atoms with E-state index in [9.17, 15) is 0 Å². The van der Waals surface area contributed by atoms with Crippen LogP contribution in [0.4, 0.5) is 0 Å². The van der Waals surface area contributed by atoms with Crippen LogP contribution >= 0.6 is 23.8 Å². The van der Waals surface area contributed by atoms with Crippen LogP contribution in [-0.2, 0) is 5.88 Å². The van der Waals surface area contributed by atoms with Crippen LogP contribution < -0.4 is 0 Å². The van der Waals surface area contributed by atoms with Crippen LogP contribution in [0, 0.1) is 16.0 Å². The zero-order valence-corrected chi connectivity index (χ0v) is 7.04. The Morgan fingerprint density at radius 2 is 2.55 bits per heavy atom. The minimum atomic E-state index is 0.273. The predicted octanol–water partition coefficient (Wildman–Crippen LogP) is 1.75. The molecule has 0 fully saturated rings. The van der Waals surface area contributed by atoms with Gasteiger partial charge in [-0.1, -0.05) is 12.2 Å². The third-order valence-electron chi connectivity index (χ3n) is 1.10. The number of rotatable bonds is 1. The van der Waals surface area contributed by atoms with Gasteiger partial charge in [0.1, 0.15) is 22.1 Å². The molecule has 0 amide bonds. The molecule has 0 bridgehead atoms. The van der Waals surface area contributed by atoms with Gasteiger partial charge in [0.15, 0.2) is 0 Å². The van der Waals surface area contributed by atoms with Gasteiger partial charge < -0.3 is 4.98 Å². The van der Waals surface area contributed by atoms with Crippen LogP contribution in [0.5, 0.6) is 0 Å². The molecule has 1 aromatic rings. The van der Waals surface area contributed by atoms with Crippen molar-refractivity contribution >= 4 is 23.8 Å². The fourth-order valence-corrected chi connectivity index (χ4v) is 0.931. The molecule has 0 radical (unpaired) electrons. The topological polar surface area (TPSA) is 52.5 Å². The number of alkyl halides is 1. The number of nitrogens with zero attached hydrogens (tertiary/aromatic N) is 2. The highest BCUT2D eigenvalue weighted by atomic mass is 35.5. The van der Waals surface area contributed by atoms with Gasteiger partial charge in [0.2, 0.25) is 0 Å². The van der Waals surface area contributed by atoms with Gasteiger partial charge in [-0.05, 0) is 0 Å². The lowest BCUT2D eigenvalue weighted by Gasteiger charge is -1.93. The highest BCUT2D eigenvalue weighted by Gasteiger charge is 1.95. The van der Waals surface area contributed by atoms with Gasteiger partial charge in [-0.3, -0.25) is 0 Å². The molecule has 1 aromatic heterocycles. The van der Waals surface area contributed by atoms with E-state index in [-0.39, 0.29) is 5.88 Å². The van der Waals surface area contributed by atoms with Crippen LogP contribution in [-0.4, -0.2) is 9.97 Å². The Morgan fingerprint density at radius 3 is 3.00 bits per heavy atom. The van der Waals surface area contributed by atoms with E-state index < -0.39 is 0 Å². The highest BCUT2D eigenvalue weighted by molar-refractivity contribution is 7.71. The molecule has 1 N–H and O–H groups in total. The first-order valence-electron chi connectivity index (χ1n) is 2.82. The summed E-state index contributed by atoms with van der Waals surface area (Å²) in [6.45, 7) is 0. The molecule has 5 heteroatoms. The first-order valence-corrected chi connectivity index (χ1v) is 3.76. The Labute approximate surface area is 73.7 Å². The summed E-state index contributed by atoms with van der Waals surface area (Å²) in [5.41, 5.74) is 0.369. The molecule has 1 rings (SSSR count). The molecule has 0 atom stereocenters. The van der Waals surface area contributed by atoms with Gasteiger partial charge in [0, 0.05) is 6.20 Å². The lowest BCUT2D eigenvalue weighted by Crippen LogP contribution is -1.92. The van der Waals surface area contributed by atoms with E-state index >= 15 is 0 Å². The molecular formula is C6H4ClN3S. The van der Waals surface area contributed by atoms with E-state index in [1.54, 1.807) is 0 Å². The van der Waals surface area contributed by atoms with Crippen molar-refractivity contribution in [2.45, 2.75) is 5.88 Å². The summed E-state index contributed by atoms with van der Waals surface area (Å²) in [5, 5.41) is 8.47. The first kappa shape index (κ1) is 8.18. The van der Waals surface area contributed by atoms with Crippen molar-refractivity contribution in [3.8, 4) is 6.07 Å². The molecule has 0 aliphatic carbocycles. The highest BCUT2D eigenvalue weighted by Crippen LogP contribution is 1.99. The molecule has 1 heterocycles. The molecule has 0 saturated heterocycles. The van der Waals surface area contributed by atoms with Crippen LogP contribution in [0.2, 0.25) is 0 Å². The largest absolute Gasteiger partial charge is 0.333 e. The maximum absolute atomic E-state index is 8.47. The van der Waals surface area contributed by atoms with Gasteiger partial charge in [-0.15, -0.1) is 11.6 Å². The number of hydrogen-bond acceptors (Lipinski definition) is 3. The number of nitriles is 1. The molecule has 56 valence electrons. The second-order valence-corrected chi connectivity index (χ2v) is 2.49. The average Bonchev–Trinajstić information content (AvgIpc) is 2.04. The summed E-state index contributed by atoms with van der Waals surface area (Å²) >= 11 is 10.3. The number of aromatic amines is 1. The zero-order chi connectivity index (χ0) is 8.27. The Bertz CT molecular complexity index is 352. The van der Waals surface area contributed by atoms with Crippen molar-refractivity contribution < 1.29 is 0 Å². The molecule has 11 heavy (non-hydrogen) atoms. The summed E-state index contributed by atoms with van der Waals surface area (Å²) < 4.78 is 0.387. The third-order valence-corrected chi connectivity index (χ3v) is 1.67. The van der Waals surface area contributed by atoms with E-state index in [2.05, 4.69) is 9.97 Å². The van der Waals surface area contributed by atoms with Crippen molar-refractivity contribution in [2.75, 3.05) is 0 Å². The van der Waals surface area contributed by atoms with E-state index in [4.69, 9.17) is 29.1 Å². The molecule has 3 nitrogen and oxygen atoms in total. The van der Waals surface area contributed by atoms with Crippen molar-refractivity contribution in [1.29, 1.82) is 5.26 Å². The zero-order valence-electron chi connectivity index (χ0n) is 5.47. The summed E-state index contributed by atoms with van der Waals surface area (Å²) in [7, 11) is 0. The monoisotopic (exact) mass is 185 g/mol. The number of hydrogen-bond donors (Lipinski definition) is 1. The maximum atomic E-state index is 8.47. The summed E-state index contributed by atoms with van der Waals surface area (Å²) in [6, 6.07) is 1.91. The molecule has 0 saturated carbocycles. The fourth-order valence-electron chi connectivity index (χ4n) is 0.579. The Balaban J connectivity index is 3.23. The fraction of sp³-hybridized carbons (Fsp3) is 0.167. The lowest BCUT2D eigenvalue weighted by atomic mass is 10.4. The first-order chi connectivity index (χ1) is 5.27. The number of halogens is 1.